The first-order chi connectivity index (χ1) is 8.56. The first kappa shape index (κ1) is 12.4. The molecule has 0 radical (unpaired) electrons. The fourth-order valence-electron chi connectivity index (χ4n) is 1.97. The average molecular weight is 243 g/mol. The van der Waals surface area contributed by atoms with Gasteiger partial charge in [-0.05, 0) is 31.9 Å². The number of benzene rings is 1. The van der Waals surface area contributed by atoms with Gasteiger partial charge in [-0.15, -0.1) is 0 Å². The molecule has 1 aromatic carbocycles. The molecule has 0 atom stereocenters. The van der Waals surface area contributed by atoms with Crippen molar-refractivity contribution < 1.29 is 4.74 Å². The summed E-state index contributed by atoms with van der Waals surface area (Å²) in [6.07, 6.45) is 3.17. The van der Waals surface area contributed by atoms with Gasteiger partial charge in [0, 0.05) is 0 Å². The highest BCUT2D eigenvalue weighted by Crippen LogP contribution is 2.25. The topological polar surface area (TPSA) is 61.0 Å². The summed E-state index contributed by atoms with van der Waals surface area (Å²) in [4.78, 5) is 8.22. The van der Waals surface area contributed by atoms with Gasteiger partial charge in [-0.3, -0.25) is 0 Å². The molecule has 0 aliphatic heterocycles. The average Bonchev–Trinajstić information content (AvgIpc) is 2.30. The van der Waals surface area contributed by atoms with Gasteiger partial charge in [-0.1, -0.05) is 17.7 Å². The van der Waals surface area contributed by atoms with Crippen molar-refractivity contribution >= 4 is 5.69 Å². The number of aromatic nitrogens is 2. The third-order valence-corrected chi connectivity index (χ3v) is 2.68. The molecule has 0 saturated heterocycles. The fourth-order valence-corrected chi connectivity index (χ4v) is 1.97. The van der Waals surface area contributed by atoms with Gasteiger partial charge in [-0.2, -0.15) is 0 Å². The molecule has 94 valence electrons. The summed E-state index contributed by atoms with van der Waals surface area (Å²) in [7, 11) is 0. The number of aryl methyl sites for hydroxylation is 3. The minimum atomic E-state index is 0.352. The van der Waals surface area contributed by atoms with Crippen molar-refractivity contribution in [3.8, 4) is 5.75 Å². The van der Waals surface area contributed by atoms with Crippen LogP contribution in [-0.2, 0) is 6.61 Å². The summed E-state index contributed by atoms with van der Waals surface area (Å²) in [6.45, 7) is 6.51. The number of nitrogen functional groups attached to an aromatic ring is 1. The van der Waals surface area contributed by atoms with Crippen LogP contribution in [0.15, 0.2) is 24.5 Å². The van der Waals surface area contributed by atoms with Crippen LogP contribution in [0.2, 0.25) is 0 Å². The van der Waals surface area contributed by atoms with Crippen LogP contribution in [0.3, 0.4) is 0 Å². The third-order valence-electron chi connectivity index (χ3n) is 2.68. The van der Waals surface area contributed by atoms with Crippen LogP contribution in [-0.4, -0.2) is 9.97 Å². The molecule has 0 aliphatic rings. The largest absolute Gasteiger partial charge is 0.485 e. The molecular weight excluding hydrogens is 226 g/mol. The zero-order valence-electron chi connectivity index (χ0n) is 10.9. The SMILES string of the molecule is Cc1cc(C)c(OCc2ncc(N)cn2)c(C)c1. The smallest absolute Gasteiger partial charge is 0.166 e. The molecule has 0 unspecified atom stereocenters. The highest BCUT2D eigenvalue weighted by Gasteiger charge is 2.06. The van der Waals surface area contributed by atoms with Gasteiger partial charge in [0.05, 0.1) is 18.1 Å². The van der Waals surface area contributed by atoms with Crippen LogP contribution in [0.25, 0.3) is 0 Å². The van der Waals surface area contributed by atoms with E-state index in [2.05, 4.69) is 29.0 Å². The molecule has 0 fully saturated rings. The molecule has 0 bridgehead atoms. The van der Waals surface area contributed by atoms with E-state index in [9.17, 15) is 0 Å². The molecule has 0 amide bonds. The van der Waals surface area contributed by atoms with Gasteiger partial charge in [0.1, 0.15) is 12.4 Å². The fraction of sp³-hybridized carbons (Fsp3) is 0.286. The van der Waals surface area contributed by atoms with Crippen molar-refractivity contribution in [2.24, 2.45) is 0 Å². The molecule has 1 heterocycles. The molecule has 1 aromatic heterocycles. The van der Waals surface area contributed by atoms with E-state index in [1.165, 1.54) is 5.56 Å². The number of ether oxygens (including phenoxy) is 1. The summed E-state index contributed by atoms with van der Waals surface area (Å²) >= 11 is 0. The van der Waals surface area contributed by atoms with Crippen LogP contribution < -0.4 is 10.5 Å². The van der Waals surface area contributed by atoms with E-state index in [-0.39, 0.29) is 0 Å². The Balaban J connectivity index is 2.13. The van der Waals surface area contributed by atoms with Crippen molar-refractivity contribution in [3.05, 3.63) is 47.0 Å². The Morgan fingerprint density at radius 3 is 2.17 bits per heavy atom. The van der Waals surface area contributed by atoms with Crippen molar-refractivity contribution in [1.29, 1.82) is 0 Å². The predicted molar refractivity (Wildman–Crippen MR) is 71.4 cm³/mol. The Hall–Kier alpha value is -2.10. The van der Waals surface area contributed by atoms with Crippen LogP contribution in [0, 0.1) is 20.8 Å². The lowest BCUT2D eigenvalue weighted by atomic mass is 10.1. The number of nitrogens with two attached hydrogens (primary N) is 1. The number of rotatable bonds is 3. The molecule has 0 saturated carbocycles. The lowest BCUT2D eigenvalue weighted by Crippen LogP contribution is -2.04. The van der Waals surface area contributed by atoms with Crippen LogP contribution in [0.1, 0.15) is 22.5 Å². The minimum Gasteiger partial charge on any atom is -0.485 e. The van der Waals surface area contributed by atoms with Gasteiger partial charge in [0.25, 0.3) is 0 Å². The summed E-state index contributed by atoms with van der Waals surface area (Å²) in [5.74, 6) is 1.53. The number of hydrogen-bond acceptors (Lipinski definition) is 4. The zero-order chi connectivity index (χ0) is 13.1. The Kier molecular flexibility index (Phi) is 3.46. The highest BCUT2D eigenvalue weighted by atomic mass is 16.5. The van der Waals surface area contributed by atoms with Gasteiger partial charge in [0.2, 0.25) is 0 Å². The van der Waals surface area contributed by atoms with Crippen molar-refractivity contribution in [3.63, 3.8) is 0 Å². The van der Waals surface area contributed by atoms with E-state index in [1.807, 2.05) is 13.8 Å². The maximum atomic E-state index is 5.78. The Bertz CT molecular complexity index is 526. The summed E-state index contributed by atoms with van der Waals surface area (Å²) < 4.78 is 5.78. The number of anilines is 1. The van der Waals surface area contributed by atoms with E-state index < -0.39 is 0 Å². The van der Waals surface area contributed by atoms with E-state index in [0.29, 0.717) is 18.1 Å². The first-order valence-electron chi connectivity index (χ1n) is 5.83. The van der Waals surface area contributed by atoms with E-state index in [0.717, 1.165) is 16.9 Å². The van der Waals surface area contributed by atoms with E-state index in [1.54, 1.807) is 12.4 Å². The predicted octanol–water partition coefficient (Wildman–Crippen LogP) is 2.56. The zero-order valence-corrected chi connectivity index (χ0v) is 10.9. The Morgan fingerprint density at radius 2 is 1.61 bits per heavy atom. The van der Waals surface area contributed by atoms with Gasteiger partial charge in [0.15, 0.2) is 5.82 Å². The summed E-state index contributed by atoms with van der Waals surface area (Å²) in [5.41, 5.74) is 9.58. The van der Waals surface area contributed by atoms with E-state index >= 15 is 0 Å². The quantitative estimate of drug-likeness (QED) is 0.900. The van der Waals surface area contributed by atoms with Crippen LogP contribution >= 0.6 is 0 Å². The third kappa shape index (κ3) is 2.77. The second-order valence-corrected chi connectivity index (χ2v) is 4.45. The van der Waals surface area contributed by atoms with Crippen molar-refractivity contribution in [2.75, 3.05) is 5.73 Å². The van der Waals surface area contributed by atoms with Gasteiger partial charge < -0.3 is 10.5 Å². The normalized spacial score (nSPS) is 10.4. The van der Waals surface area contributed by atoms with Crippen molar-refractivity contribution in [2.45, 2.75) is 27.4 Å². The summed E-state index contributed by atoms with van der Waals surface area (Å²) in [5, 5.41) is 0. The first-order valence-corrected chi connectivity index (χ1v) is 5.83. The van der Waals surface area contributed by atoms with Crippen LogP contribution in [0.4, 0.5) is 5.69 Å². The maximum absolute atomic E-state index is 5.78. The maximum Gasteiger partial charge on any atom is 0.166 e. The summed E-state index contributed by atoms with van der Waals surface area (Å²) in [6, 6.07) is 4.21. The molecule has 4 nitrogen and oxygen atoms in total. The highest BCUT2D eigenvalue weighted by molar-refractivity contribution is 5.43. The van der Waals surface area contributed by atoms with Crippen LogP contribution in [0.5, 0.6) is 5.75 Å². The molecule has 2 N–H and O–H groups in total. The molecule has 18 heavy (non-hydrogen) atoms. The molecule has 4 heteroatoms. The lowest BCUT2D eigenvalue weighted by molar-refractivity contribution is 0.292. The Morgan fingerprint density at radius 1 is 1.06 bits per heavy atom. The second kappa shape index (κ2) is 5.04. The molecule has 0 spiro atoms. The van der Waals surface area contributed by atoms with Gasteiger partial charge in [-0.25, -0.2) is 9.97 Å². The molecule has 2 rings (SSSR count). The standard InChI is InChI=1S/C14H17N3O/c1-9-4-10(2)14(11(3)5-9)18-8-13-16-6-12(15)7-17-13/h4-7H,8,15H2,1-3H3. The number of nitrogens with zero attached hydrogens (tertiary/aromatic N) is 2. The Labute approximate surface area is 107 Å². The van der Waals surface area contributed by atoms with Gasteiger partial charge >= 0.3 is 0 Å². The molecule has 0 aliphatic carbocycles. The lowest BCUT2D eigenvalue weighted by Gasteiger charge is -2.12. The van der Waals surface area contributed by atoms with E-state index in [4.69, 9.17) is 10.5 Å². The van der Waals surface area contributed by atoms with Crippen molar-refractivity contribution in [1.82, 2.24) is 9.97 Å². The molecule has 2 aromatic rings. The number of hydrogen-bond donors (Lipinski definition) is 1. The second-order valence-electron chi connectivity index (χ2n) is 4.45. The minimum absolute atomic E-state index is 0.352. The molecular formula is C14H17N3O. The monoisotopic (exact) mass is 243 g/mol.